The summed E-state index contributed by atoms with van der Waals surface area (Å²) in [6.07, 6.45) is 0. The lowest BCUT2D eigenvalue weighted by Crippen LogP contribution is -2.11. The van der Waals surface area contributed by atoms with E-state index in [2.05, 4.69) is 15.9 Å². The van der Waals surface area contributed by atoms with Gasteiger partial charge in [0, 0.05) is 5.88 Å². The number of benzene rings is 1. The third kappa shape index (κ3) is 2.95. The van der Waals surface area contributed by atoms with Crippen LogP contribution < -0.4 is 4.74 Å². The van der Waals surface area contributed by atoms with Gasteiger partial charge >= 0.3 is 0 Å². The molecule has 0 spiro atoms. The van der Waals surface area contributed by atoms with Gasteiger partial charge in [-0.05, 0) is 24.6 Å². The maximum Gasteiger partial charge on any atom is 0.179 e. The summed E-state index contributed by atoms with van der Waals surface area (Å²) in [6, 6.07) is 5.38. The quantitative estimate of drug-likeness (QED) is 0.628. The van der Waals surface area contributed by atoms with Crippen LogP contribution in [0.4, 0.5) is 0 Å². The number of carbonyl (C=O) groups excluding carboxylic acids is 1. The van der Waals surface area contributed by atoms with Crippen molar-refractivity contribution in [1.82, 2.24) is 0 Å². The van der Waals surface area contributed by atoms with Crippen molar-refractivity contribution in [3.05, 3.63) is 29.3 Å². The average Bonchev–Trinajstić information content (AvgIpc) is 2.27. The molecule has 1 aromatic carbocycles. The van der Waals surface area contributed by atoms with Gasteiger partial charge in [-0.25, -0.2) is 0 Å². The lowest BCUT2D eigenvalue weighted by Gasteiger charge is -2.10. The largest absolute Gasteiger partial charge is 0.496 e. The van der Waals surface area contributed by atoms with E-state index in [1.807, 2.05) is 6.07 Å². The summed E-state index contributed by atoms with van der Waals surface area (Å²) >= 11 is 8.96. The molecule has 0 bridgehead atoms. The highest BCUT2D eigenvalue weighted by Gasteiger charge is 2.17. The zero-order valence-electron chi connectivity index (χ0n) is 8.59. The van der Waals surface area contributed by atoms with E-state index in [0.717, 1.165) is 5.56 Å². The first-order valence-corrected chi connectivity index (χ1v) is 5.96. The molecular formula is C11H12BrClO2. The molecule has 0 radical (unpaired) electrons. The molecule has 1 atom stereocenters. The molecule has 0 aliphatic rings. The minimum Gasteiger partial charge on any atom is -0.496 e. The van der Waals surface area contributed by atoms with E-state index in [9.17, 15) is 4.79 Å². The van der Waals surface area contributed by atoms with Crippen molar-refractivity contribution in [3.8, 4) is 5.75 Å². The second kappa shape index (κ2) is 5.52. The molecular weight excluding hydrogens is 279 g/mol. The van der Waals surface area contributed by atoms with E-state index in [1.165, 1.54) is 0 Å². The first kappa shape index (κ1) is 12.5. The zero-order valence-corrected chi connectivity index (χ0v) is 10.9. The molecule has 1 aromatic rings. The first-order valence-electron chi connectivity index (χ1n) is 4.51. The summed E-state index contributed by atoms with van der Waals surface area (Å²) in [5.41, 5.74) is 1.48. The zero-order chi connectivity index (χ0) is 11.4. The number of carbonyl (C=O) groups is 1. The molecule has 0 saturated heterocycles. The second-order valence-electron chi connectivity index (χ2n) is 3.15. The van der Waals surface area contributed by atoms with Crippen LogP contribution in [0.1, 0.15) is 22.8 Å². The van der Waals surface area contributed by atoms with Crippen molar-refractivity contribution in [2.45, 2.75) is 17.6 Å². The fraction of sp³-hybridized carbons (Fsp3) is 0.364. The molecule has 0 heterocycles. The number of alkyl halides is 2. The number of hydrogen-bond donors (Lipinski definition) is 0. The Balaban J connectivity index is 3.17. The Morgan fingerprint density at radius 2 is 2.27 bits per heavy atom. The highest BCUT2D eigenvalue weighted by Crippen LogP contribution is 2.23. The van der Waals surface area contributed by atoms with Crippen LogP contribution in [0.15, 0.2) is 18.2 Å². The van der Waals surface area contributed by atoms with Crippen LogP contribution in [0, 0.1) is 0 Å². The first-order chi connectivity index (χ1) is 7.10. The van der Waals surface area contributed by atoms with E-state index in [-0.39, 0.29) is 10.6 Å². The molecule has 0 aliphatic heterocycles. The Morgan fingerprint density at radius 1 is 1.60 bits per heavy atom. The minimum absolute atomic E-state index is 0.00110. The van der Waals surface area contributed by atoms with E-state index < -0.39 is 0 Å². The fourth-order valence-corrected chi connectivity index (χ4v) is 1.66. The standard InChI is InChI=1S/C11H12BrClO2/c1-7(12)11(14)9-5-8(6-13)3-4-10(9)15-2/h3-5,7H,6H2,1-2H3. The molecule has 0 fully saturated rings. The molecule has 82 valence electrons. The molecule has 0 aliphatic carbocycles. The molecule has 0 saturated carbocycles. The summed E-state index contributed by atoms with van der Waals surface area (Å²) in [6.45, 7) is 1.79. The number of ketones is 1. The molecule has 1 rings (SSSR count). The van der Waals surface area contributed by atoms with Gasteiger partial charge in [-0.15, -0.1) is 11.6 Å². The topological polar surface area (TPSA) is 26.3 Å². The van der Waals surface area contributed by atoms with Crippen LogP contribution in [0.3, 0.4) is 0 Å². The van der Waals surface area contributed by atoms with Gasteiger partial charge in [0.25, 0.3) is 0 Å². The number of rotatable bonds is 4. The molecule has 15 heavy (non-hydrogen) atoms. The Labute approximate surface area is 103 Å². The van der Waals surface area contributed by atoms with Gasteiger partial charge in [0.05, 0.1) is 17.5 Å². The van der Waals surface area contributed by atoms with Crippen molar-refractivity contribution in [2.75, 3.05) is 7.11 Å². The van der Waals surface area contributed by atoms with Crippen LogP contribution >= 0.6 is 27.5 Å². The van der Waals surface area contributed by atoms with Crippen LogP contribution in [-0.2, 0) is 5.88 Å². The maximum absolute atomic E-state index is 11.8. The van der Waals surface area contributed by atoms with E-state index in [4.69, 9.17) is 16.3 Å². The average molecular weight is 292 g/mol. The minimum atomic E-state index is -0.225. The second-order valence-corrected chi connectivity index (χ2v) is 4.79. The summed E-state index contributed by atoms with van der Waals surface area (Å²) in [7, 11) is 1.55. The lowest BCUT2D eigenvalue weighted by atomic mass is 10.0. The summed E-state index contributed by atoms with van der Waals surface area (Å²) < 4.78 is 5.13. The predicted octanol–water partition coefficient (Wildman–Crippen LogP) is 3.40. The van der Waals surface area contributed by atoms with Gasteiger partial charge in [0.2, 0.25) is 0 Å². The molecule has 2 nitrogen and oxygen atoms in total. The number of Topliss-reactive ketones (excluding diaryl/α,β-unsaturated/α-hetero) is 1. The van der Waals surface area contributed by atoms with Gasteiger partial charge in [-0.1, -0.05) is 22.0 Å². The highest BCUT2D eigenvalue weighted by atomic mass is 79.9. The Hall–Kier alpha value is -0.540. The van der Waals surface area contributed by atoms with Gasteiger partial charge in [0.15, 0.2) is 5.78 Å². The Kier molecular flexibility index (Phi) is 4.61. The molecule has 1 unspecified atom stereocenters. The number of halogens is 2. The van der Waals surface area contributed by atoms with Gasteiger partial charge in [-0.2, -0.15) is 0 Å². The van der Waals surface area contributed by atoms with Crippen molar-refractivity contribution >= 4 is 33.3 Å². The van der Waals surface area contributed by atoms with E-state index >= 15 is 0 Å². The third-order valence-electron chi connectivity index (χ3n) is 2.04. The monoisotopic (exact) mass is 290 g/mol. The van der Waals surface area contributed by atoms with Crippen LogP contribution in [0.25, 0.3) is 0 Å². The van der Waals surface area contributed by atoms with E-state index in [1.54, 1.807) is 26.2 Å². The smallest absolute Gasteiger partial charge is 0.179 e. The SMILES string of the molecule is COc1ccc(CCl)cc1C(=O)C(C)Br. The number of methoxy groups -OCH3 is 1. The highest BCUT2D eigenvalue weighted by molar-refractivity contribution is 9.10. The third-order valence-corrected chi connectivity index (χ3v) is 2.77. The Bertz CT molecular complexity index is 364. The van der Waals surface area contributed by atoms with Gasteiger partial charge in [-0.3, -0.25) is 4.79 Å². The normalized spacial score (nSPS) is 12.3. The number of hydrogen-bond acceptors (Lipinski definition) is 2. The molecule has 0 amide bonds. The molecule has 0 aromatic heterocycles. The van der Waals surface area contributed by atoms with Crippen molar-refractivity contribution in [2.24, 2.45) is 0 Å². The van der Waals surface area contributed by atoms with Crippen LogP contribution in [0.2, 0.25) is 0 Å². The lowest BCUT2D eigenvalue weighted by molar-refractivity contribution is 0.0993. The van der Waals surface area contributed by atoms with E-state index in [0.29, 0.717) is 17.2 Å². The van der Waals surface area contributed by atoms with Crippen molar-refractivity contribution in [3.63, 3.8) is 0 Å². The fourth-order valence-electron chi connectivity index (χ4n) is 1.25. The van der Waals surface area contributed by atoms with Crippen LogP contribution in [-0.4, -0.2) is 17.7 Å². The summed E-state index contributed by atoms with van der Waals surface area (Å²) in [5.74, 6) is 0.972. The summed E-state index contributed by atoms with van der Waals surface area (Å²) in [4.78, 5) is 11.6. The van der Waals surface area contributed by atoms with Gasteiger partial charge < -0.3 is 4.74 Å². The summed E-state index contributed by atoms with van der Waals surface area (Å²) in [5, 5.41) is 0. The maximum atomic E-state index is 11.8. The molecule has 4 heteroatoms. The predicted molar refractivity (Wildman–Crippen MR) is 65.3 cm³/mol. The van der Waals surface area contributed by atoms with Crippen molar-refractivity contribution in [1.29, 1.82) is 0 Å². The Morgan fingerprint density at radius 3 is 2.73 bits per heavy atom. The molecule has 0 N–H and O–H groups in total. The van der Waals surface area contributed by atoms with Gasteiger partial charge in [0.1, 0.15) is 5.75 Å². The number of ether oxygens (including phenoxy) is 1. The van der Waals surface area contributed by atoms with Crippen LogP contribution in [0.5, 0.6) is 5.75 Å². The van der Waals surface area contributed by atoms with Crippen molar-refractivity contribution < 1.29 is 9.53 Å².